The second-order valence-electron chi connectivity index (χ2n) is 5.13. The molecule has 19 heavy (non-hydrogen) atoms. The first-order chi connectivity index (χ1) is 9.02. The maximum absolute atomic E-state index is 6.04. The van der Waals surface area contributed by atoms with Gasteiger partial charge in [0.25, 0.3) is 0 Å². The van der Waals surface area contributed by atoms with Crippen molar-refractivity contribution in [1.82, 2.24) is 5.32 Å². The van der Waals surface area contributed by atoms with Crippen molar-refractivity contribution in [3.05, 3.63) is 32.9 Å². The monoisotopic (exact) mass is 387 g/mol. The number of furan rings is 1. The summed E-state index contributed by atoms with van der Waals surface area (Å²) in [6.07, 6.45) is 1.12. The van der Waals surface area contributed by atoms with E-state index in [1.165, 1.54) is 0 Å². The van der Waals surface area contributed by atoms with Gasteiger partial charge >= 0.3 is 0 Å². The number of nitrogens with one attached hydrogen (secondary N) is 1. The zero-order chi connectivity index (χ0) is 14.0. The lowest BCUT2D eigenvalue weighted by molar-refractivity contribution is 0.351. The highest BCUT2D eigenvalue weighted by Gasteiger charge is 2.20. The Balaban J connectivity index is 2.40. The van der Waals surface area contributed by atoms with Gasteiger partial charge in [-0.3, -0.25) is 0 Å². The van der Waals surface area contributed by atoms with Crippen molar-refractivity contribution in [2.45, 2.75) is 33.2 Å². The Bertz CT molecular complexity index is 563. The zero-order valence-electron chi connectivity index (χ0n) is 11.5. The molecule has 0 saturated carbocycles. The lowest BCUT2D eigenvalue weighted by Gasteiger charge is -2.19. The molecule has 0 amide bonds. The van der Waals surface area contributed by atoms with Crippen LogP contribution in [0.2, 0.25) is 0 Å². The topological polar surface area (TPSA) is 25.2 Å². The van der Waals surface area contributed by atoms with Gasteiger partial charge in [0.1, 0.15) is 11.3 Å². The molecule has 4 heteroatoms. The van der Waals surface area contributed by atoms with Crippen molar-refractivity contribution in [1.29, 1.82) is 0 Å². The van der Waals surface area contributed by atoms with E-state index < -0.39 is 0 Å². The van der Waals surface area contributed by atoms with Crippen LogP contribution in [0, 0.1) is 5.92 Å². The lowest BCUT2D eigenvalue weighted by Crippen LogP contribution is -2.25. The summed E-state index contributed by atoms with van der Waals surface area (Å²) in [6.45, 7) is 7.61. The van der Waals surface area contributed by atoms with E-state index in [-0.39, 0.29) is 6.04 Å². The molecule has 0 spiro atoms. The summed E-state index contributed by atoms with van der Waals surface area (Å²) in [6, 6.07) is 6.50. The van der Waals surface area contributed by atoms with E-state index in [2.05, 4.69) is 70.1 Å². The summed E-state index contributed by atoms with van der Waals surface area (Å²) in [4.78, 5) is 0. The molecular formula is C15H19Br2NO. The first kappa shape index (κ1) is 15.1. The van der Waals surface area contributed by atoms with Crippen LogP contribution in [0.4, 0.5) is 0 Å². The molecule has 0 saturated heterocycles. The van der Waals surface area contributed by atoms with Crippen molar-refractivity contribution >= 4 is 42.8 Å². The second kappa shape index (κ2) is 6.42. The molecule has 0 radical (unpaired) electrons. The normalized spacial score (nSPS) is 13.4. The van der Waals surface area contributed by atoms with E-state index >= 15 is 0 Å². The molecule has 0 aliphatic carbocycles. The third-order valence-corrected chi connectivity index (χ3v) is 4.19. The Kier molecular flexibility index (Phi) is 5.09. The van der Waals surface area contributed by atoms with Crippen LogP contribution in [-0.4, -0.2) is 6.54 Å². The van der Waals surface area contributed by atoms with Gasteiger partial charge in [-0.25, -0.2) is 0 Å². The van der Waals surface area contributed by atoms with Gasteiger partial charge in [-0.15, -0.1) is 0 Å². The number of halogens is 2. The first-order valence-electron chi connectivity index (χ1n) is 6.64. The maximum atomic E-state index is 6.04. The number of benzene rings is 1. The molecule has 0 fully saturated rings. The Labute approximate surface area is 131 Å². The van der Waals surface area contributed by atoms with Gasteiger partial charge in [0.05, 0.1) is 10.5 Å². The maximum Gasteiger partial charge on any atom is 0.148 e. The summed E-state index contributed by atoms with van der Waals surface area (Å²) in [5.74, 6) is 1.51. The van der Waals surface area contributed by atoms with E-state index in [1.807, 2.05) is 6.07 Å². The smallest absolute Gasteiger partial charge is 0.148 e. The number of rotatable bonds is 5. The van der Waals surface area contributed by atoms with Crippen LogP contribution in [0.25, 0.3) is 11.0 Å². The summed E-state index contributed by atoms with van der Waals surface area (Å²) in [5.41, 5.74) is 0.919. The quantitative estimate of drug-likeness (QED) is 0.715. The summed E-state index contributed by atoms with van der Waals surface area (Å²) < 4.78 is 8.09. The fourth-order valence-corrected chi connectivity index (χ4v) is 3.55. The molecule has 0 aliphatic rings. The molecular weight excluding hydrogens is 370 g/mol. The Morgan fingerprint density at radius 3 is 2.58 bits per heavy atom. The predicted octanol–water partition coefficient (Wildman–Crippen LogP) is 5.65. The van der Waals surface area contributed by atoms with E-state index in [1.54, 1.807) is 0 Å². The fourth-order valence-electron chi connectivity index (χ4n) is 2.21. The van der Waals surface area contributed by atoms with Crippen molar-refractivity contribution in [3.8, 4) is 0 Å². The summed E-state index contributed by atoms with van der Waals surface area (Å²) in [7, 11) is 0. The molecule has 1 atom stereocenters. The van der Waals surface area contributed by atoms with Crippen LogP contribution in [0.3, 0.4) is 0 Å². The Morgan fingerprint density at radius 2 is 1.95 bits per heavy atom. The molecule has 1 heterocycles. The third kappa shape index (κ3) is 3.41. The van der Waals surface area contributed by atoms with Crippen LogP contribution in [-0.2, 0) is 0 Å². The SMILES string of the molecule is CCCNC(c1cc2cc(Br)cc(Br)c2o1)C(C)C. The van der Waals surface area contributed by atoms with Gasteiger partial charge in [-0.1, -0.05) is 36.7 Å². The highest BCUT2D eigenvalue weighted by molar-refractivity contribution is 9.11. The third-order valence-electron chi connectivity index (χ3n) is 3.14. The lowest BCUT2D eigenvalue weighted by atomic mass is 10.0. The van der Waals surface area contributed by atoms with E-state index in [0.29, 0.717) is 5.92 Å². The largest absolute Gasteiger partial charge is 0.458 e. The molecule has 104 valence electrons. The average Bonchev–Trinajstić information content (AvgIpc) is 2.73. The number of fused-ring (bicyclic) bond motifs is 1. The second-order valence-corrected chi connectivity index (χ2v) is 6.90. The van der Waals surface area contributed by atoms with Gasteiger partial charge in [0, 0.05) is 9.86 Å². The molecule has 2 aromatic rings. The molecule has 0 bridgehead atoms. The van der Waals surface area contributed by atoms with Crippen LogP contribution in [0.5, 0.6) is 0 Å². The molecule has 1 aromatic carbocycles. The van der Waals surface area contributed by atoms with Crippen molar-refractivity contribution in [3.63, 3.8) is 0 Å². The minimum Gasteiger partial charge on any atom is -0.458 e. The van der Waals surface area contributed by atoms with Gasteiger partial charge in [0.2, 0.25) is 0 Å². The van der Waals surface area contributed by atoms with Gasteiger partial charge in [0.15, 0.2) is 0 Å². The first-order valence-corrected chi connectivity index (χ1v) is 8.23. The van der Waals surface area contributed by atoms with Gasteiger partial charge in [-0.05, 0) is 53.0 Å². The molecule has 2 nitrogen and oxygen atoms in total. The van der Waals surface area contributed by atoms with Crippen LogP contribution in [0.1, 0.15) is 39.0 Å². The van der Waals surface area contributed by atoms with Crippen molar-refractivity contribution < 1.29 is 4.42 Å². The minimum absolute atomic E-state index is 0.262. The highest BCUT2D eigenvalue weighted by atomic mass is 79.9. The predicted molar refractivity (Wildman–Crippen MR) is 87.5 cm³/mol. The minimum atomic E-state index is 0.262. The summed E-state index contributed by atoms with van der Waals surface area (Å²) >= 11 is 7.07. The van der Waals surface area contributed by atoms with E-state index in [9.17, 15) is 0 Å². The zero-order valence-corrected chi connectivity index (χ0v) is 14.6. The van der Waals surface area contributed by atoms with Crippen LogP contribution >= 0.6 is 31.9 Å². The summed E-state index contributed by atoms with van der Waals surface area (Å²) in [5, 5.41) is 4.68. The molecule has 0 aliphatic heterocycles. The highest BCUT2D eigenvalue weighted by Crippen LogP contribution is 2.34. The van der Waals surface area contributed by atoms with E-state index in [4.69, 9.17) is 4.42 Å². The van der Waals surface area contributed by atoms with Crippen molar-refractivity contribution in [2.75, 3.05) is 6.54 Å². The molecule has 1 N–H and O–H groups in total. The molecule has 1 unspecified atom stereocenters. The van der Waals surface area contributed by atoms with Gasteiger partial charge in [-0.2, -0.15) is 0 Å². The molecule has 1 aromatic heterocycles. The Hall–Kier alpha value is -0.320. The van der Waals surface area contributed by atoms with Gasteiger partial charge < -0.3 is 9.73 Å². The fraction of sp³-hybridized carbons (Fsp3) is 0.467. The van der Waals surface area contributed by atoms with Crippen LogP contribution in [0.15, 0.2) is 31.6 Å². The standard InChI is InChI=1S/C15H19Br2NO/c1-4-5-18-14(9(2)3)13-7-10-6-11(16)8-12(17)15(10)19-13/h6-9,14,18H,4-5H2,1-3H3. The number of hydrogen-bond acceptors (Lipinski definition) is 2. The van der Waals surface area contributed by atoms with Crippen LogP contribution < -0.4 is 5.32 Å². The molecule has 2 rings (SSSR count). The Morgan fingerprint density at radius 1 is 1.21 bits per heavy atom. The number of hydrogen-bond donors (Lipinski definition) is 1. The van der Waals surface area contributed by atoms with Crippen molar-refractivity contribution in [2.24, 2.45) is 5.92 Å². The average molecular weight is 389 g/mol. The van der Waals surface area contributed by atoms with E-state index in [0.717, 1.165) is 38.6 Å².